The lowest BCUT2D eigenvalue weighted by Gasteiger charge is -2.20. The van der Waals surface area contributed by atoms with Gasteiger partial charge in [-0.3, -0.25) is 4.79 Å². The van der Waals surface area contributed by atoms with Crippen molar-refractivity contribution in [2.45, 2.75) is 39.4 Å². The third kappa shape index (κ3) is 2.72. The molecule has 3 unspecified atom stereocenters. The molecule has 1 aromatic carbocycles. The number of carbonyl (C=O) groups is 1. The summed E-state index contributed by atoms with van der Waals surface area (Å²) in [5.41, 5.74) is 1.49. The number of benzene rings is 1. The zero-order chi connectivity index (χ0) is 14.9. The number of hydrogen-bond acceptors (Lipinski definition) is 4. The van der Waals surface area contributed by atoms with Crippen LogP contribution < -0.4 is 9.47 Å². The van der Waals surface area contributed by atoms with Gasteiger partial charge in [-0.05, 0) is 32.9 Å². The molecule has 0 radical (unpaired) electrons. The lowest BCUT2D eigenvalue weighted by Crippen LogP contribution is -2.19. The number of carboxylic acids is 1. The second kappa shape index (κ2) is 5.71. The second-order valence-electron chi connectivity index (χ2n) is 5.14. The fourth-order valence-electron chi connectivity index (χ4n) is 2.37. The Morgan fingerprint density at radius 3 is 2.85 bits per heavy atom. The standard InChI is InChI=1S/C15H20O5/c1-4-19-13-6-10-5-8(2)20-12(10)7-11(13)14(16)9(3)15(17)18/h6-9,14,16H,4-5H2,1-3H3,(H,17,18). The van der Waals surface area contributed by atoms with Crippen LogP contribution in [0.5, 0.6) is 11.5 Å². The van der Waals surface area contributed by atoms with E-state index in [9.17, 15) is 9.90 Å². The van der Waals surface area contributed by atoms with Crippen LogP contribution in [0, 0.1) is 5.92 Å². The molecule has 1 aromatic rings. The van der Waals surface area contributed by atoms with Crippen LogP contribution in [-0.2, 0) is 11.2 Å². The van der Waals surface area contributed by atoms with Crippen molar-refractivity contribution < 1.29 is 24.5 Å². The van der Waals surface area contributed by atoms with Gasteiger partial charge in [-0.2, -0.15) is 0 Å². The summed E-state index contributed by atoms with van der Waals surface area (Å²) in [6.07, 6.45) is -0.247. The predicted octanol–water partition coefficient (Wildman–Crippen LogP) is 2.16. The molecule has 5 nitrogen and oxygen atoms in total. The Hall–Kier alpha value is -1.75. The van der Waals surface area contributed by atoms with Gasteiger partial charge in [-0.25, -0.2) is 0 Å². The molecule has 0 saturated carbocycles. The summed E-state index contributed by atoms with van der Waals surface area (Å²) in [5.74, 6) is -0.724. The lowest BCUT2D eigenvalue weighted by atomic mass is 9.95. The maximum Gasteiger partial charge on any atom is 0.309 e. The molecule has 0 fully saturated rings. The Balaban J connectivity index is 2.40. The van der Waals surface area contributed by atoms with Gasteiger partial charge in [-0.1, -0.05) is 0 Å². The van der Waals surface area contributed by atoms with E-state index < -0.39 is 18.0 Å². The Kier molecular flexibility index (Phi) is 4.18. The zero-order valence-electron chi connectivity index (χ0n) is 11.9. The monoisotopic (exact) mass is 280 g/mol. The summed E-state index contributed by atoms with van der Waals surface area (Å²) < 4.78 is 11.2. The lowest BCUT2D eigenvalue weighted by molar-refractivity contribution is -0.145. The van der Waals surface area contributed by atoms with Crippen LogP contribution in [0.2, 0.25) is 0 Å². The summed E-state index contributed by atoms with van der Waals surface area (Å²) in [6.45, 7) is 5.75. The summed E-state index contributed by atoms with van der Waals surface area (Å²) in [5, 5.41) is 19.3. The topological polar surface area (TPSA) is 76.0 Å². The number of fused-ring (bicyclic) bond motifs is 1. The number of ether oxygens (including phenoxy) is 2. The van der Waals surface area contributed by atoms with E-state index in [0.29, 0.717) is 23.7 Å². The molecule has 0 bridgehead atoms. The highest BCUT2D eigenvalue weighted by Crippen LogP contribution is 2.39. The van der Waals surface area contributed by atoms with E-state index in [1.807, 2.05) is 19.9 Å². The molecule has 2 rings (SSSR count). The van der Waals surface area contributed by atoms with Crippen LogP contribution in [0.3, 0.4) is 0 Å². The summed E-state index contributed by atoms with van der Waals surface area (Å²) in [6, 6.07) is 3.55. The van der Waals surface area contributed by atoms with Crippen LogP contribution in [0.1, 0.15) is 38.0 Å². The molecule has 0 saturated heterocycles. The molecular formula is C15H20O5. The van der Waals surface area contributed by atoms with Gasteiger partial charge in [0, 0.05) is 17.5 Å². The molecule has 1 aliphatic rings. The van der Waals surface area contributed by atoms with E-state index in [-0.39, 0.29) is 6.10 Å². The van der Waals surface area contributed by atoms with Crippen LogP contribution in [0.25, 0.3) is 0 Å². The number of carboxylic acid groups (broad SMARTS) is 1. The highest BCUT2D eigenvalue weighted by atomic mass is 16.5. The summed E-state index contributed by atoms with van der Waals surface area (Å²) >= 11 is 0. The fraction of sp³-hybridized carbons (Fsp3) is 0.533. The van der Waals surface area contributed by atoms with Crippen LogP contribution >= 0.6 is 0 Å². The number of aliphatic hydroxyl groups excluding tert-OH is 1. The normalized spacial score (nSPS) is 19.9. The molecule has 1 heterocycles. The quantitative estimate of drug-likeness (QED) is 0.864. The van der Waals surface area contributed by atoms with Crippen molar-refractivity contribution in [3.8, 4) is 11.5 Å². The Morgan fingerprint density at radius 1 is 1.55 bits per heavy atom. The highest BCUT2D eigenvalue weighted by molar-refractivity contribution is 5.71. The molecule has 20 heavy (non-hydrogen) atoms. The van der Waals surface area contributed by atoms with E-state index >= 15 is 0 Å². The molecule has 110 valence electrons. The molecule has 0 aliphatic carbocycles. The van der Waals surface area contributed by atoms with Gasteiger partial charge in [0.25, 0.3) is 0 Å². The molecule has 2 N–H and O–H groups in total. The van der Waals surface area contributed by atoms with Gasteiger partial charge in [0.05, 0.1) is 18.6 Å². The van der Waals surface area contributed by atoms with Crippen molar-refractivity contribution in [3.63, 3.8) is 0 Å². The first-order valence-electron chi connectivity index (χ1n) is 6.81. The van der Waals surface area contributed by atoms with E-state index in [1.54, 1.807) is 6.07 Å². The number of aliphatic hydroxyl groups is 1. The van der Waals surface area contributed by atoms with Gasteiger partial charge in [0.2, 0.25) is 0 Å². The van der Waals surface area contributed by atoms with Crippen molar-refractivity contribution >= 4 is 5.97 Å². The van der Waals surface area contributed by atoms with Gasteiger partial charge in [0.15, 0.2) is 0 Å². The minimum Gasteiger partial charge on any atom is -0.493 e. The summed E-state index contributed by atoms with van der Waals surface area (Å²) in [7, 11) is 0. The SMILES string of the molecule is CCOc1cc2c(cc1C(O)C(C)C(=O)O)OC(C)C2. The number of aliphatic carboxylic acids is 1. The van der Waals surface area contributed by atoms with E-state index in [4.69, 9.17) is 14.6 Å². The van der Waals surface area contributed by atoms with Gasteiger partial charge < -0.3 is 19.7 Å². The third-order valence-electron chi connectivity index (χ3n) is 3.51. The van der Waals surface area contributed by atoms with E-state index in [1.165, 1.54) is 6.92 Å². The van der Waals surface area contributed by atoms with Crippen molar-refractivity contribution in [1.29, 1.82) is 0 Å². The van der Waals surface area contributed by atoms with Crippen LogP contribution in [-0.4, -0.2) is 28.9 Å². The fourth-order valence-corrected chi connectivity index (χ4v) is 2.37. The molecule has 3 atom stereocenters. The third-order valence-corrected chi connectivity index (χ3v) is 3.51. The van der Waals surface area contributed by atoms with Gasteiger partial charge >= 0.3 is 5.97 Å². The van der Waals surface area contributed by atoms with Gasteiger partial charge in [-0.15, -0.1) is 0 Å². The minimum absolute atomic E-state index is 0.0868. The highest BCUT2D eigenvalue weighted by Gasteiger charge is 2.29. The van der Waals surface area contributed by atoms with Gasteiger partial charge in [0.1, 0.15) is 17.6 Å². The molecule has 0 spiro atoms. The largest absolute Gasteiger partial charge is 0.493 e. The smallest absolute Gasteiger partial charge is 0.309 e. The molecule has 5 heteroatoms. The minimum atomic E-state index is -1.13. The van der Waals surface area contributed by atoms with Crippen LogP contribution in [0.15, 0.2) is 12.1 Å². The number of hydrogen-bond donors (Lipinski definition) is 2. The first-order valence-corrected chi connectivity index (χ1v) is 6.81. The zero-order valence-corrected chi connectivity index (χ0v) is 11.9. The molecule has 0 amide bonds. The predicted molar refractivity (Wildman–Crippen MR) is 73.2 cm³/mol. The van der Waals surface area contributed by atoms with E-state index in [0.717, 1.165) is 12.0 Å². The molecular weight excluding hydrogens is 260 g/mol. The van der Waals surface area contributed by atoms with E-state index in [2.05, 4.69) is 0 Å². The first-order chi connectivity index (χ1) is 9.43. The van der Waals surface area contributed by atoms with Crippen molar-refractivity contribution in [3.05, 3.63) is 23.3 Å². The average Bonchev–Trinajstić information content (AvgIpc) is 2.75. The maximum absolute atomic E-state index is 11.0. The van der Waals surface area contributed by atoms with Crippen LogP contribution in [0.4, 0.5) is 0 Å². The maximum atomic E-state index is 11.0. The molecule has 0 aromatic heterocycles. The Bertz CT molecular complexity index is 511. The summed E-state index contributed by atoms with van der Waals surface area (Å²) in [4.78, 5) is 11.0. The van der Waals surface area contributed by atoms with Crippen molar-refractivity contribution in [2.24, 2.45) is 5.92 Å². The first kappa shape index (κ1) is 14.7. The second-order valence-corrected chi connectivity index (χ2v) is 5.14. The number of rotatable bonds is 5. The van der Waals surface area contributed by atoms with Crippen molar-refractivity contribution in [2.75, 3.05) is 6.61 Å². The Labute approximate surface area is 118 Å². The average molecular weight is 280 g/mol. The Morgan fingerprint density at radius 2 is 2.25 bits per heavy atom. The molecule has 1 aliphatic heterocycles. The van der Waals surface area contributed by atoms with Crippen molar-refractivity contribution in [1.82, 2.24) is 0 Å².